The second-order valence-corrected chi connectivity index (χ2v) is 9.98. The van der Waals surface area contributed by atoms with Gasteiger partial charge >= 0.3 is 0 Å². The number of nitrogens with zero attached hydrogens (tertiary/aromatic N) is 3. The van der Waals surface area contributed by atoms with E-state index in [0.717, 1.165) is 22.4 Å². The van der Waals surface area contributed by atoms with Crippen LogP contribution < -0.4 is 10.5 Å². The largest absolute Gasteiger partial charge is 0.368 e. The van der Waals surface area contributed by atoms with E-state index in [-0.39, 0.29) is 5.56 Å². The van der Waals surface area contributed by atoms with Gasteiger partial charge in [0.25, 0.3) is 11.5 Å². The molecule has 2 heterocycles. The monoisotopic (exact) mass is 533 g/mol. The predicted molar refractivity (Wildman–Crippen MR) is 155 cm³/mol. The van der Waals surface area contributed by atoms with Crippen LogP contribution >= 0.6 is 0 Å². The Balaban J connectivity index is 1.31. The molecule has 5 rings (SSSR count). The second-order valence-electron chi connectivity index (χ2n) is 9.98. The molecule has 7 heteroatoms. The molecule has 0 aliphatic carbocycles. The van der Waals surface area contributed by atoms with Gasteiger partial charge in [0.2, 0.25) is 5.78 Å². The lowest BCUT2D eigenvalue weighted by atomic mass is 10.0. The first kappa shape index (κ1) is 26.8. The number of rotatable bonds is 9. The maximum atomic E-state index is 13.4. The molecular weight excluding hydrogens is 502 g/mol. The van der Waals surface area contributed by atoms with Crippen molar-refractivity contribution < 1.29 is 14.4 Å². The van der Waals surface area contributed by atoms with Crippen molar-refractivity contribution in [3.8, 4) is 0 Å². The van der Waals surface area contributed by atoms with E-state index in [1.807, 2.05) is 91.0 Å². The van der Waals surface area contributed by atoms with E-state index in [0.29, 0.717) is 39.1 Å². The lowest BCUT2D eigenvalue weighted by Gasteiger charge is -2.35. The molecule has 0 saturated carbocycles. The molecule has 1 aliphatic rings. The molecule has 1 aromatic heterocycles. The number of carbonyl (C=O) groups excluding carboxylic acids is 3. The predicted octanol–water partition coefficient (Wildman–Crippen LogP) is 3.98. The van der Waals surface area contributed by atoms with Gasteiger partial charge in [0.05, 0.1) is 18.5 Å². The third-order valence-electron chi connectivity index (χ3n) is 7.14. The number of carbonyl (C=O) groups is 3. The lowest BCUT2D eigenvalue weighted by molar-refractivity contribution is -0.144. The number of amides is 1. The summed E-state index contributed by atoms with van der Waals surface area (Å²) >= 11 is 0. The highest BCUT2D eigenvalue weighted by atomic mass is 16.2. The van der Waals surface area contributed by atoms with E-state index in [2.05, 4.69) is 4.90 Å². The van der Waals surface area contributed by atoms with Crippen LogP contribution in [0.2, 0.25) is 0 Å². The first-order valence-corrected chi connectivity index (χ1v) is 13.4. The van der Waals surface area contributed by atoms with Gasteiger partial charge in [-0.05, 0) is 41.3 Å². The fourth-order valence-electron chi connectivity index (χ4n) is 5.02. The molecule has 0 N–H and O–H groups in total. The number of aromatic nitrogens is 1. The van der Waals surface area contributed by atoms with Crippen LogP contribution in [0.4, 0.5) is 5.69 Å². The van der Waals surface area contributed by atoms with E-state index >= 15 is 0 Å². The number of ketones is 2. The van der Waals surface area contributed by atoms with Crippen molar-refractivity contribution in [3.05, 3.63) is 136 Å². The first-order valence-electron chi connectivity index (χ1n) is 13.4. The van der Waals surface area contributed by atoms with E-state index in [9.17, 15) is 19.2 Å². The Labute approximate surface area is 233 Å². The third kappa shape index (κ3) is 6.43. The van der Waals surface area contributed by atoms with Crippen LogP contribution in [-0.2, 0) is 22.6 Å². The van der Waals surface area contributed by atoms with Crippen molar-refractivity contribution in [2.24, 2.45) is 0 Å². The van der Waals surface area contributed by atoms with Gasteiger partial charge in [0.15, 0.2) is 5.78 Å². The summed E-state index contributed by atoms with van der Waals surface area (Å²) in [5.74, 6) is -2.10. The zero-order valence-electron chi connectivity index (χ0n) is 22.2. The number of benzene rings is 3. The highest BCUT2D eigenvalue weighted by Crippen LogP contribution is 2.16. The highest BCUT2D eigenvalue weighted by molar-refractivity contribution is 6.40. The number of piperazine rings is 1. The minimum atomic E-state index is -0.791. The third-order valence-corrected chi connectivity index (χ3v) is 7.14. The first-order chi connectivity index (χ1) is 19.5. The molecule has 0 radical (unpaired) electrons. The van der Waals surface area contributed by atoms with Gasteiger partial charge in [-0.3, -0.25) is 19.2 Å². The molecule has 3 aromatic carbocycles. The SMILES string of the molecule is O=C(CC(=O)c1cc(Cc2ccccc2)cn(Cc2ccccc2)c1=O)C(=O)N1CCN(c2ccccc2)CC1. The summed E-state index contributed by atoms with van der Waals surface area (Å²) in [5.41, 5.74) is 3.26. The number of pyridine rings is 1. The van der Waals surface area contributed by atoms with Crippen LogP contribution in [0.3, 0.4) is 0 Å². The Morgan fingerprint density at radius 2 is 1.25 bits per heavy atom. The fourth-order valence-corrected chi connectivity index (χ4v) is 5.02. The minimum Gasteiger partial charge on any atom is -0.368 e. The molecule has 0 bridgehead atoms. The second kappa shape index (κ2) is 12.4. The average molecular weight is 534 g/mol. The van der Waals surface area contributed by atoms with Gasteiger partial charge in [-0.25, -0.2) is 0 Å². The van der Waals surface area contributed by atoms with E-state index in [1.165, 1.54) is 9.47 Å². The Kier molecular flexibility index (Phi) is 8.30. The summed E-state index contributed by atoms with van der Waals surface area (Å²) in [4.78, 5) is 56.2. The number of para-hydroxylation sites is 1. The molecule has 0 unspecified atom stereocenters. The van der Waals surface area contributed by atoms with E-state index in [1.54, 1.807) is 12.3 Å². The lowest BCUT2D eigenvalue weighted by Crippen LogP contribution is -2.50. The van der Waals surface area contributed by atoms with Gasteiger partial charge < -0.3 is 14.4 Å². The molecule has 1 saturated heterocycles. The standard InChI is InChI=1S/C33H31N3O4/c37-30(22-31(38)33(40)35-18-16-34(17-19-35)28-14-8-3-9-15-28)29-21-27(20-25-10-4-1-5-11-25)24-36(32(29)39)23-26-12-6-2-7-13-26/h1-15,21,24H,16-20,22-23H2. The Morgan fingerprint density at radius 1 is 0.675 bits per heavy atom. The smallest absolute Gasteiger partial charge is 0.290 e. The molecule has 0 spiro atoms. The van der Waals surface area contributed by atoms with Crippen molar-refractivity contribution in [1.82, 2.24) is 9.47 Å². The molecule has 1 fully saturated rings. The molecule has 4 aromatic rings. The summed E-state index contributed by atoms with van der Waals surface area (Å²) < 4.78 is 1.51. The Morgan fingerprint density at radius 3 is 1.88 bits per heavy atom. The molecule has 0 atom stereocenters. The zero-order valence-corrected chi connectivity index (χ0v) is 22.2. The topological polar surface area (TPSA) is 79.7 Å². The number of hydrogen-bond donors (Lipinski definition) is 0. The van der Waals surface area contributed by atoms with Crippen LogP contribution in [0.1, 0.15) is 33.5 Å². The van der Waals surface area contributed by atoms with Gasteiger partial charge in [-0.15, -0.1) is 0 Å². The molecular formula is C33H31N3O4. The molecule has 7 nitrogen and oxygen atoms in total. The Hall–Kier alpha value is -4.78. The molecule has 1 amide bonds. The van der Waals surface area contributed by atoms with Crippen LogP contribution in [0.5, 0.6) is 0 Å². The summed E-state index contributed by atoms with van der Waals surface area (Å²) in [6.07, 6.45) is 1.65. The number of anilines is 1. The van der Waals surface area contributed by atoms with Gasteiger partial charge in [-0.2, -0.15) is 0 Å². The number of Topliss-reactive ketones (excluding diaryl/α,β-unsaturated/α-hetero) is 2. The van der Waals surface area contributed by atoms with Crippen LogP contribution in [0, 0.1) is 0 Å². The summed E-state index contributed by atoms with van der Waals surface area (Å²) in [6, 6.07) is 30.7. The van der Waals surface area contributed by atoms with Crippen LogP contribution in [0.15, 0.2) is 108 Å². The maximum absolute atomic E-state index is 13.4. The van der Waals surface area contributed by atoms with Crippen molar-refractivity contribution in [2.45, 2.75) is 19.4 Å². The van der Waals surface area contributed by atoms with Gasteiger partial charge in [0.1, 0.15) is 0 Å². The number of hydrogen-bond acceptors (Lipinski definition) is 5. The van der Waals surface area contributed by atoms with E-state index in [4.69, 9.17) is 0 Å². The van der Waals surface area contributed by atoms with Crippen LogP contribution in [-0.4, -0.2) is 53.1 Å². The molecule has 40 heavy (non-hydrogen) atoms. The van der Waals surface area contributed by atoms with Gasteiger partial charge in [0, 0.05) is 38.1 Å². The molecule has 202 valence electrons. The van der Waals surface area contributed by atoms with E-state index < -0.39 is 29.5 Å². The van der Waals surface area contributed by atoms with Gasteiger partial charge in [-0.1, -0.05) is 78.9 Å². The van der Waals surface area contributed by atoms with Crippen LogP contribution in [0.25, 0.3) is 0 Å². The maximum Gasteiger partial charge on any atom is 0.290 e. The normalized spacial score (nSPS) is 13.2. The summed E-state index contributed by atoms with van der Waals surface area (Å²) in [6.45, 7) is 2.28. The highest BCUT2D eigenvalue weighted by Gasteiger charge is 2.28. The fraction of sp³-hybridized carbons (Fsp3) is 0.212. The van der Waals surface area contributed by atoms with Crippen molar-refractivity contribution >= 4 is 23.2 Å². The summed E-state index contributed by atoms with van der Waals surface area (Å²) in [7, 11) is 0. The van der Waals surface area contributed by atoms with Crippen molar-refractivity contribution in [3.63, 3.8) is 0 Å². The quantitative estimate of drug-likeness (QED) is 0.185. The average Bonchev–Trinajstić information content (AvgIpc) is 3.00. The molecule has 1 aliphatic heterocycles. The van der Waals surface area contributed by atoms with Crippen molar-refractivity contribution in [1.29, 1.82) is 0 Å². The summed E-state index contributed by atoms with van der Waals surface area (Å²) in [5, 5.41) is 0. The minimum absolute atomic E-state index is 0.0700. The van der Waals surface area contributed by atoms with Crippen molar-refractivity contribution in [2.75, 3.05) is 31.1 Å². The zero-order chi connectivity index (χ0) is 27.9. The Bertz CT molecular complexity index is 1540.